The van der Waals surface area contributed by atoms with E-state index in [1.807, 2.05) is 40.0 Å². The van der Waals surface area contributed by atoms with Crippen molar-refractivity contribution >= 4 is 17.6 Å². The third-order valence-corrected chi connectivity index (χ3v) is 6.80. The lowest BCUT2D eigenvalue weighted by molar-refractivity contribution is 0.143. The number of urea groups is 1. The zero-order valence-electron chi connectivity index (χ0n) is 18.4. The summed E-state index contributed by atoms with van der Waals surface area (Å²) in [5.41, 5.74) is 3.04. The Bertz CT molecular complexity index is 924. The number of hydrogen-bond acceptors (Lipinski definition) is 3. The monoisotopic (exact) mass is 429 g/mol. The molecule has 2 amide bonds. The fourth-order valence-corrected chi connectivity index (χ4v) is 4.89. The van der Waals surface area contributed by atoms with Gasteiger partial charge in [-0.2, -0.15) is 5.10 Å². The summed E-state index contributed by atoms with van der Waals surface area (Å²) in [5, 5.41) is 8.60. The number of likely N-dealkylation sites (tertiary alicyclic amines) is 1. The minimum Gasteiger partial charge on any atom is -0.335 e. The second-order valence-electron chi connectivity index (χ2n) is 9.68. The molecule has 1 saturated heterocycles. The van der Waals surface area contributed by atoms with Gasteiger partial charge in [0.05, 0.1) is 23.5 Å². The van der Waals surface area contributed by atoms with Crippen LogP contribution in [0, 0.1) is 5.41 Å². The predicted octanol–water partition coefficient (Wildman–Crippen LogP) is 4.10. The van der Waals surface area contributed by atoms with Crippen molar-refractivity contribution in [2.24, 2.45) is 5.41 Å². The highest BCUT2D eigenvalue weighted by atomic mass is 35.5. The van der Waals surface area contributed by atoms with Crippen molar-refractivity contribution in [2.75, 3.05) is 20.1 Å². The largest absolute Gasteiger partial charge is 0.335 e. The van der Waals surface area contributed by atoms with Crippen LogP contribution in [-0.4, -0.2) is 57.8 Å². The van der Waals surface area contributed by atoms with Crippen molar-refractivity contribution in [2.45, 2.75) is 58.7 Å². The van der Waals surface area contributed by atoms with E-state index in [9.17, 15) is 4.79 Å². The van der Waals surface area contributed by atoms with E-state index in [1.165, 1.54) is 0 Å². The standard InChI is InChI=1S/C23H32ClN5O/c1-16-11-18(9-10-27(16)4)26-22(30)28-14-17-13-25-29(20-8-6-5-7-19(20)24)21(17)12-23(2,3)15-28/h5-8,13,16,18H,9-12,14-15H2,1-4H3,(H,26,30). The summed E-state index contributed by atoms with van der Waals surface area (Å²) in [6, 6.07) is 8.52. The Morgan fingerprint density at radius 2 is 2.07 bits per heavy atom. The van der Waals surface area contributed by atoms with Crippen molar-refractivity contribution in [1.29, 1.82) is 0 Å². The maximum atomic E-state index is 13.2. The Kier molecular flexibility index (Phi) is 5.82. The topological polar surface area (TPSA) is 53.4 Å². The van der Waals surface area contributed by atoms with E-state index in [4.69, 9.17) is 11.6 Å². The Hall–Kier alpha value is -2.05. The first-order valence-corrected chi connectivity index (χ1v) is 11.2. The first-order valence-electron chi connectivity index (χ1n) is 10.8. The Balaban J connectivity index is 1.56. The number of hydrogen-bond donors (Lipinski definition) is 1. The molecule has 0 aliphatic carbocycles. The zero-order chi connectivity index (χ0) is 21.5. The highest BCUT2D eigenvalue weighted by molar-refractivity contribution is 6.32. The minimum atomic E-state index is -0.0678. The molecule has 0 saturated carbocycles. The van der Waals surface area contributed by atoms with Gasteiger partial charge in [0, 0.05) is 36.4 Å². The summed E-state index contributed by atoms with van der Waals surface area (Å²) in [5.74, 6) is 0. The molecule has 1 N–H and O–H groups in total. The van der Waals surface area contributed by atoms with E-state index in [0.29, 0.717) is 24.2 Å². The molecule has 1 fully saturated rings. The summed E-state index contributed by atoms with van der Waals surface area (Å²) in [6.45, 7) is 8.94. The van der Waals surface area contributed by atoms with Gasteiger partial charge in [-0.25, -0.2) is 9.48 Å². The smallest absolute Gasteiger partial charge is 0.317 e. The number of fused-ring (bicyclic) bond motifs is 1. The highest BCUT2D eigenvalue weighted by Crippen LogP contribution is 2.33. The second-order valence-corrected chi connectivity index (χ2v) is 10.1. The number of para-hydroxylation sites is 1. The van der Waals surface area contributed by atoms with Gasteiger partial charge in [-0.1, -0.05) is 37.6 Å². The molecule has 30 heavy (non-hydrogen) atoms. The van der Waals surface area contributed by atoms with Crippen molar-refractivity contribution in [3.05, 3.63) is 46.7 Å². The van der Waals surface area contributed by atoms with E-state index in [1.54, 1.807) is 0 Å². The van der Waals surface area contributed by atoms with Crippen molar-refractivity contribution in [3.8, 4) is 5.69 Å². The molecule has 0 bridgehead atoms. The lowest BCUT2D eigenvalue weighted by Gasteiger charge is -2.37. The van der Waals surface area contributed by atoms with Gasteiger partial charge in [0.2, 0.25) is 0 Å². The fraction of sp³-hybridized carbons (Fsp3) is 0.565. The van der Waals surface area contributed by atoms with Gasteiger partial charge in [0.25, 0.3) is 0 Å². The molecule has 0 radical (unpaired) electrons. The average molecular weight is 430 g/mol. The molecule has 2 aromatic rings. The van der Waals surface area contributed by atoms with Crippen LogP contribution in [0.4, 0.5) is 4.79 Å². The molecule has 1 aromatic carbocycles. The summed E-state index contributed by atoms with van der Waals surface area (Å²) in [6.07, 6.45) is 4.72. The molecule has 2 aliphatic heterocycles. The van der Waals surface area contributed by atoms with E-state index >= 15 is 0 Å². The molecule has 4 rings (SSSR count). The van der Waals surface area contributed by atoms with Gasteiger partial charge < -0.3 is 15.1 Å². The number of nitrogens with zero attached hydrogens (tertiary/aromatic N) is 4. The molecular formula is C23H32ClN5O. The number of carbonyl (C=O) groups excluding carboxylic acids is 1. The second kappa shape index (κ2) is 8.23. The van der Waals surface area contributed by atoms with Crippen LogP contribution >= 0.6 is 11.6 Å². The molecule has 1 aromatic heterocycles. The van der Waals surface area contributed by atoms with Gasteiger partial charge in [-0.05, 0) is 50.8 Å². The Morgan fingerprint density at radius 3 is 2.80 bits per heavy atom. The lowest BCUT2D eigenvalue weighted by atomic mass is 9.87. The lowest BCUT2D eigenvalue weighted by Crippen LogP contribution is -2.51. The molecule has 0 spiro atoms. The molecule has 2 unspecified atom stereocenters. The number of halogens is 1. The maximum absolute atomic E-state index is 13.2. The first kappa shape index (κ1) is 21.2. The predicted molar refractivity (Wildman–Crippen MR) is 120 cm³/mol. The van der Waals surface area contributed by atoms with Crippen LogP contribution in [0.15, 0.2) is 30.5 Å². The van der Waals surface area contributed by atoms with Crippen molar-refractivity contribution in [3.63, 3.8) is 0 Å². The number of nitrogens with one attached hydrogen (secondary N) is 1. The Morgan fingerprint density at radius 1 is 1.30 bits per heavy atom. The number of rotatable bonds is 2. The highest BCUT2D eigenvalue weighted by Gasteiger charge is 2.34. The third-order valence-electron chi connectivity index (χ3n) is 6.49. The van der Waals surface area contributed by atoms with Crippen molar-refractivity contribution < 1.29 is 4.79 Å². The summed E-state index contributed by atoms with van der Waals surface area (Å²) < 4.78 is 1.94. The van der Waals surface area contributed by atoms with Crippen molar-refractivity contribution in [1.82, 2.24) is 24.9 Å². The number of piperidine rings is 1. The van der Waals surface area contributed by atoms with E-state index in [0.717, 1.165) is 42.8 Å². The number of benzene rings is 1. The summed E-state index contributed by atoms with van der Waals surface area (Å²) >= 11 is 6.44. The van der Waals surface area contributed by atoms with Crippen LogP contribution in [-0.2, 0) is 13.0 Å². The van der Waals surface area contributed by atoms with Crippen LogP contribution in [0.1, 0.15) is 44.9 Å². The van der Waals surface area contributed by atoms with Crippen LogP contribution in [0.3, 0.4) is 0 Å². The van der Waals surface area contributed by atoms with E-state index in [2.05, 4.69) is 43.1 Å². The number of carbonyl (C=O) groups is 1. The molecule has 162 valence electrons. The molecular weight excluding hydrogens is 398 g/mol. The average Bonchev–Trinajstić information content (AvgIpc) is 2.99. The van der Waals surface area contributed by atoms with Crippen LogP contribution in [0.25, 0.3) is 5.69 Å². The van der Waals surface area contributed by atoms with Gasteiger partial charge in [-0.3, -0.25) is 0 Å². The third kappa shape index (κ3) is 4.35. The Labute approximate surface area is 184 Å². The van der Waals surface area contributed by atoms with Crippen LogP contribution in [0.5, 0.6) is 0 Å². The summed E-state index contributed by atoms with van der Waals surface area (Å²) in [4.78, 5) is 17.5. The van der Waals surface area contributed by atoms with E-state index in [-0.39, 0.29) is 17.5 Å². The fourth-order valence-electron chi connectivity index (χ4n) is 4.68. The van der Waals surface area contributed by atoms with Gasteiger partial charge >= 0.3 is 6.03 Å². The zero-order valence-corrected chi connectivity index (χ0v) is 19.1. The maximum Gasteiger partial charge on any atom is 0.317 e. The van der Waals surface area contributed by atoms with Gasteiger partial charge in [-0.15, -0.1) is 0 Å². The molecule has 6 nitrogen and oxygen atoms in total. The SMILES string of the molecule is CC1CC(NC(=O)N2Cc3cnn(-c4ccccc4Cl)c3CC(C)(C)C2)CCN1C. The molecule has 7 heteroatoms. The first-order chi connectivity index (χ1) is 14.2. The summed E-state index contributed by atoms with van der Waals surface area (Å²) in [7, 11) is 2.15. The normalized spacial score (nSPS) is 24.2. The molecule has 2 atom stereocenters. The molecule has 3 heterocycles. The molecule has 2 aliphatic rings. The quantitative estimate of drug-likeness (QED) is 0.781. The van der Waals surface area contributed by atoms with Crippen LogP contribution in [0.2, 0.25) is 5.02 Å². The van der Waals surface area contributed by atoms with Gasteiger partial charge in [0.1, 0.15) is 0 Å². The van der Waals surface area contributed by atoms with Gasteiger partial charge in [0.15, 0.2) is 0 Å². The number of aromatic nitrogens is 2. The number of amides is 2. The minimum absolute atomic E-state index is 0.0307. The van der Waals surface area contributed by atoms with Crippen LogP contribution < -0.4 is 5.32 Å². The van der Waals surface area contributed by atoms with E-state index < -0.39 is 0 Å².